The van der Waals surface area contributed by atoms with Crippen LogP contribution >= 0.6 is 11.8 Å². The number of rotatable bonds is 3. The lowest BCUT2D eigenvalue weighted by molar-refractivity contribution is -0.142. The van der Waals surface area contributed by atoms with Gasteiger partial charge in [0.25, 0.3) is 0 Å². The minimum atomic E-state index is -0.788. The SMILES string of the molecule is CSc1ccc(NC(=O)N2C3CCC2C(C(=O)O)C3)cc1. The van der Waals surface area contributed by atoms with Crippen LogP contribution in [0.4, 0.5) is 10.5 Å². The molecule has 2 aliphatic rings. The number of nitrogens with zero attached hydrogens (tertiary/aromatic N) is 1. The van der Waals surface area contributed by atoms with Crippen molar-refractivity contribution in [3.8, 4) is 0 Å². The molecule has 2 fully saturated rings. The molecular weight excluding hydrogens is 288 g/mol. The number of fused-ring (bicyclic) bond motifs is 2. The maximum absolute atomic E-state index is 12.4. The van der Waals surface area contributed by atoms with Gasteiger partial charge in [-0.3, -0.25) is 4.79 Å². The molecule has 3 rings (SSSR count). The molecule has 112 valence electrons. The molecule has 0 radical (unpaired) electrons. The van der Waals surface area contributed by atoms with Crippen molar-refractivity contribution in [3.63, 3.8) is 0 Å². The summed E-state index contributed by atoms with van der Waals surface area (Å²) in [6, 6.07) is 7.40. The van der Waals surface area contributed by atoms with Crippen LogP contribution in [-0.4, -0.2) is 40.3 Å². The Balaban J connectivity index is 1.69. The molecule has 3 unspecified atom stereocenters. The smallest absolute Gasteiger partial charge is 0.322 e. The van der Waals surface area contributed by atoms with E-state index in [2.05, 4.69) is 5.32 Å². The number of thioether (sulfide) groups is 1. The van der Waals surface area contributed by atoms with Crippen LogP contribution in [-0.2, 0) is 4.79 Å². The zero-order valence-corrected chi connectivity index (χ0v) is 12.6. The van der Waals surface area contributed by atoms with Crippen LogP contribution in [0.25, 0.3) is 0 Å². The Morgan fingerprint density at radius 1 is 1.29 bits per heavy atom. The fourth-order valence-corrected chi connectivity index (χ4v) is 3.84. The molecule has 0 spiro atoms. The van der Waals surface area contributed by atoms with E-state index in [9.17, 15) is 14.7 Å². The molecule has 3 atom stereocenters. The van der Waals surface area contributed by atoms with Crippen LogP contribution in [0.3, 0.4) is 0 Å². The third-order valence-corrected chi connectivity index (χ3v) is 5.17. The van der Waals surface area contributed by atoms with E-state index in [1.54, 1.807) is 16.7 Å². The van der Waals surface area contributed by atoms with E-state index in [-0.39, 0.29) is 18.1 Å². The largest absolute Gasteiger partial charge is 0.481 e. The molecule has 2 amide bonds. The molecule has 2 saturated heterocycles. The summed E-state index contributed by atoms with van der Waals surface area (Å²) in [5, 5.41) is 12.1. The Morgan fingerprint density at radius 3 is 2.57 bits per heavy atom. The van der Waals surface area contributed by atoms with Gasteiger partial charge in [0, 0.05) is 22.7 Å². The molecule has 0 saturated carbocycles. The Kier molecular flexibility index (Phi) is 3.80. The molecule has 2 N–H and O–H groups in total. The molecule has 1 aromatic rings. The van der Waals surface area contributed by atoms with Crippen molar-refractivity contribution < 1.29 is 14.7 Å². The van der Waals surface area contributed by atoms with E-state index >= 15 is 0 Å². The topological polar surface area (TPSA) is 69.6 Å². The summed E-state index contributed by atoms with van der Waals surface area (Å²) in [5.74, 6) is -1.20. The number of anilines is 1. The van der Waals surface area contributed by atoms with E-state index in [0.29, 0.717) is 6.42 Å². The standard InChI is InChI=1S/C15H18N2O3S/c1-21-11-5-2-9(3-6-11)16-15(20)17-10-4-7-13(17)12(8-10)14(18)19/h2-3,5-6,10,12-13H,4,7-8H2,1H3,(H,16,20)(H,18,19). The summed E-state index contributed by atoms with van der Waals surface area (Å²) >= 11 is 1.65. The molecule has 5 nitrogen and oxygen atoms in total. The van der Waals surface area contributed by atoms with Gasteiger partial charge in [0.2, 0.25) is 0 Å². The molecule has 2 bridgehead atoms. The molecular formula is C15H18N2O3S. The number of aliphatic carboxylic acids is 1. The first-order valence-corrected chi connectivity index (χ1v) is 8.29. The van der Waals surface area contributed by atoms with Crippen molar-refractivity contribution in [2.24, 2.45) is 5.92 Å². The zero-order chi connectivity index (χ0) is 15.0. The monoisotopic (exact) mass is 306 g/mol. The predicted octanol–water partition coefficient (Wildman–Crippen LogP) is 2.88. The molecule has 0 aromatic heterocycles. The molecule has 2 heterocycles. The minimum Gasteiger partial charge on any atom is -0.481 e. The highest BCUT2D eigenvalue weighted by atomic mass is 32.2. The number of hydrogen-bond donors (Lipinski definition) is 2. The lowest BCUT2D eigenvalue weighted by Crippen LogP contribution is -2.40. The van der Waals surface area contributed by atoms with Crippen molar-refractivity contribution in [1.29, 1.82) is 0 Å². The Bertz CT molecular complexity index is 561. The Morgan fingerprint density at radius 2 is 2.00 bits per heavy atom. The number of hydrogen-bond acceptors (Lipinski definition) is 3. The summed E-state index contributed by atoms with van der Waals surface area (Å²) in [6.45, 7) is 0. The van der Waals surface area contributed by atoms with E-state index < -0.39 is 11.9 Å². The van der Waals surface area contributed by atoms with Gasteiger partial charge in [-0.1, -0.05) is 0 Å². The minimum absolute atomic E-state index is 0.0709. The van der Waals surface area contributed by atoms with Gasteiger partial charge in [-0.2, -0.15) is 0 Å². The first-order chi connectivity index (χ1) is 10.1. The second kappa shape index (κ2) is 5.60. The number of urea groups is 1. The Hall–Kier alpha value is -1.69. The van der Waals surface area contributed by atoms with Gasteiger partial charge in [0.15, 0.2) is 0 Å². The van der Waals surface area contributed by atoms with Crippen molar-refractivity contribution >= 4 is 29.4 Å². The van der Waals surface area contributed by atoms with E-state index in [4.69, 9.17) is 0 Å². The quantitative estimate of drug-likeness (QED) is 0.843. The number of carbonyl (C=O) groups excluding carboxylic acids is 1. The first kappa shape index (κ1) is 14.3. The first-order valence-electron chi connectivity index (χ1n) is 7.06. The van der Waals surface area contributed by atoms with E-state index in [0.717, 1.165) is 23.4 Å². The fraction of sp³-hybridized carbons (Fsp3) is 0.467. The van der Waals surface area contributed by atoms with Crippen LogP contribution < -0.4 is 5.32 Å². The molecule has 21 heavy (non-hydrogen) atoms. The summed E-state index contributed by atoms with van der Waals surface area (Å²) in [4.78, 5) is 26.5. The van der Waals surface area contributed by atoms with Gasteiger partial charge in [-0.25, -0.2) is 4.79 Å². The number of carbonyl (C=O) groups is 2. The average molecular weight is 306 g/mol. The number of benzene rings is 1. The van der Waals surface area contributed by atoms with Crippen molar-refractivity contribution in [1.82, 2.24) is 4.90 Å². The van der Waals surface area contributed by atoms with Crippen LogP contribution in [0.5, 0.6) is 0 Å². The normalized spacial score (nSPS) is 26.9. The maximum Gasteiger partial charge on any atom is 0.322 e. The Labute approximate surface area is 127 Å². The summed E-state index contributed by atoms with van der Waals surface area (Å²) in [5.41, 5.74) is 0.746. The van der Waals surface area contributed by atoms with Crippen LogP contribution in [0.1, 0.15) is 19.3 Å². The van der Waals surface area contributed by atoms with Crippen LogP contribution in [0, 0.1) is 5.92 Å². The highest BCUT2D eigenvalue weighted by Crippen LogP contribution is 2.42. The second-order valence-electron chi connectivity index (χ2n) is 5.54. The number of carboxylic acid groups (broad SMARTS) is 1. The van der Waals surface area contributed by atoms with Crippen LogP contribution in [0.15, 0.2) is 29.2 Å². The molecule has 6 heteroatoms. The number of carboxylic acids is 1. The molecule has 1 aromatic carbocycles. The lowest BCUT2D eigenvalue weighted by atomic mass is 9.89. The molecule has 2 aliphatic heterocycles. The maximum atomic E-state index is 12.4. The van der Waals surface area contributed by atoms with Crippen molar-refractivity contribution in [3.05, 3.63) is 24.3 Å². The highest BCUT2D eigenvalue weighted by molar-refractivity contribution is 7.98. The fourth-order valence-electron chi connectivity index (χ4n) is 3.43. The third-order valence-electron chi connectivity index (χ3n) is 4.43. The summed E-state index contributed by atoms with van der Waals surface area (Å²) < 4.78 is 0. The third kappa shape index (κ3) is 2.60. The van der Waals surface area contributed by atoms with Gasteiger partial charge in [0.1, 0.15) is 0 Å². The van der Waals surface area contributed by atoms with Gasteiger partial charge >= 0.3 is 12.0 Å². The number of amides is 2. The average Bonchev–Trinajstić information content (AvgIpc) is 3.05. The predicted molar refractivity (Wildman–Crippen MR) is 81.6 cm³/mol. The van der Waals surface area contributed by atoms with Gasteiger partial charge in [0.05, 0.1) is 5.92 Å². The van der Waals surface area contributed by atoms with Crippen molar-refractivity contribution in [2.75, 3.05) is 11.6 Å². The van der Waals surface area contributed by atoms with E-state index in [1.807, 2.05) is 30.5 Å². The number of nitrogens with one attached hydrogen (secondary N) is 1. The molecule has 0 aliphatic carbocycles. The second-order valence-corrected chi connectivity index (χ2v) is 6.42. The van der Waals surface area contributed by atoms with Gasteiger partial charge < -0.3 is 15.3 Å². The summed E-state index contributed by atoms with van der Waals surface area (Å²) in [7, 11) is 0. The van der Waals surface area contributed by atoms with Crippen LogP contribution in [0.2, 0.25) is 0 Å². The van der Waals surface area contributed by atoms with Crippen molar-refractivity contribution in [2.45, 2.75) is 36.2 Å². The highest BCUT2D eigenvalue weighted by Gasteiger charge is 2.51. The summed E-state index contributed by atoms with van der Waals surface area (Å²) in [6.07, 6.45) is 4.29. The zero-order valence-electron chi connectivity index (χ0n) is 11.8. The van der Waals surface area contributed by atoms with E-state index in [1.165, 1.54) is 0 Å². The van der Waals surface area contributed by atoms with Gasteiger partial charge in [-0.15, -0.1) is 11.8 Å². The lowest BCUT2D eigenvalue weighted by Gasteiger charge is -2.23. The van der Waals surface area contributed by atoms with Gasteiger partial charge in [-0.05, 0) is 49.8 Å².